The van der Waals surface area contributed by atoms with Gasteiger partial charge in [-0.1, -0.05) is 12.1 Å². The van der Waals surface area contributed by atoms with Crippen LogP contribution in [0.25, 0.3) is 0 Å². The summed E-state index contributed by atoms with van der Waals surface area (Å²) in [4.78, 5) is 11.9. The van der Waals surface area contributed by atoms with Crippen molar-refractivity contribution < 1.29 is 9.90 Å². The van der Waals surface area contributed by atoms with Gasteiger partial charge in [0.25, 0.3) is 0 Å². The van der Waals surface area contributed by atoms with E-state index < -0.39 is 0 Å². The number of anilines is 2. The van der Waals surface area contributed by atoms with Crippen LogP contribution in [0, 0.1) is 10.5 Å². The van der Waals surface area contributed by atoms with Crippen molar-refractivity contribution in [2.75, 3.05) is 10.6 Å². The third kappa shape index (κ3) is 3.60. The van der Waals surface area contributed by atoms with E-state index in [1.54, 1.807) is 12.1 Å². The summed E-state index contributed by atoms with van der Waals surface area (Å²) in [5.74, 6) is 0.182. The average molecular weight is 368 g/mol. The minimum atomic E-state index is -0.307. The molecule has 3 N–H and O–H groups in total. The Balaban J connectivity index is 2.08. The summed E-state index contributed by atoms with van der Waals surface area (Å²) in [5.41, 5.74) is 2.23. The first-order valence-electron chi connectivity index (χ1n) is 5.68. The lowest BCUT2D eigenvalue weighted by atomic mass is 10.2. The molecular weight excluding hydrogens is 355 g/mol. The quantitative estimate of drug-likeness (QED) is 0.555. The number of aromatic hydroxyl groups is 1. The Morgan fingerprint density at radius 1 is 1.11 bits per heavy atom. The third-order valence-corrected chi connectivity index (χ3v) is 3.52. The second-order valence-corrected chi connectivity index (χ2v) is 5.22. The molecule has 0 heterocycles. The average Bonchev–Trinajstić information content (AvgIpc) is 2.36. The highest BCUT2D eigenvalue weighted by Crippen LogP contribution is 2.21. The van der Waals surface area contributed by atoms with Crippen molar-refractivity contribution in [3.63, 3.8) is 0 Å². The van der Waals surface area contributed by atoms with Crippen molar-refractivity contribution in [2.24, 2.45) is 0 Å². The molecule has 0 fully saturated rings. The Morgan fingerprint density at radius 2 is 1.79 bits per heavy atom. The van der Waals surface area contributed by atoms with Crippen LogP contribution in [-0.2, 0) is 0 Å². The summed E-state index contributed by atoms with van der Waals surface area (Å²) in [6, 6.07) is 12.0. The summed E-state index contributed by atoms with van der Waals surface area (Å²) in [6.45, 7) is 1.82. The smallest absolute Gasteiger partial charge is 0.323 e. The van der Waals surface area contributed by atoms with Crippen LogP contribution in [0.1, 0.15) is 5.56 Å². The largest absolute Gasteiger partial charge is 0.508 e. The standard InChI is InChI=1S/C14H13IN2O2/c1-9-8-10(18)6-7-12(9)16-14(19)17-13-5-3-2-4-11(13)15/h2-8,18H,1H3,(H2,16,17,19). The van der Waals surface area contributed by atoms with E-state index in [2.05, 4.69) is 33.2 Å². The number of para-hydroxylation sites is 1. The number of aryl methyl sites for hydroxylation is 1. The summed E-state index contributed by atoms with van der Waals surface area (Å²) >= 11 is 2.16. The fourth-order valence-electron chi connectivity index (χ4n) is 1.63. The van der Waals surface area contributed by atoms with E-state index in [9.17, 15) is 9.90 Å². The Kier molecular flexibility index (Phi) is 4.26. The molecule has 98 valence electrons. The van der Waals surface area contributed by atoms with Gasteiger partial charge >= 0.3 is 6.03 Å². The van der Waals surface area contributed by atoms with Crippen LogP contribution in [0.15, 0.2) is 42.5 Å². The van der Waals surface area contributed by atoms with Crippen LogP contribution < -0.4 is 10.6 Å². The van der Waals surface area contributed by atoms with Crippen molar-refractivity contribution in [3.8, 4) is 5.75 Å². The lowest BCUT2D eigenvalue weighted by Gasteiger charge is -2.11. The maximum Gasteiger partial charge on any atom is 0.323 e. The van der Waals surface area contributed by atoms with Crippen molar-refractivity contribution in [2.45, 2.75) is 6.92 Å². The van der Waals surface area contributed by atoms with E-state index in [4.69, 9.17) is 0 Å². The normalized spacial score (nSPS) is 10.0. The van der Waals surface area contributed by atoms with Crippen LogP contribution in [0.2, 0.25) is 0 Å². The van der Waals surface area contributed by atoms with E-state index in [0.29, 0.717) is 5.69 Å². The van der Waals surface area contributed by atoms with Gasteiger partial charge in [-0.15, -0.1) is 0 Å². The first kappa shape index (κ1) is 13.7. The van der Waals surface area contributed by atoms with Gasteiger partial charge in [0.1, 0.15) is 5.75 Å². The Morgan fingerprint density at radius 3 is 2.47 bits per heavy atom. The van der Waals surface area contributed by atoms with E-state index in [0.717, 1.165) is 14.8 Å². The Bertz CT molecular complexity index is 614. The van der Waals surface area contributed by atoms with Crippen molar-refractivity contribution in [3.05, 3.63) is 51.6 Å². The minimum absolute atomic E-state index is 0.182. The van der Waals surface area contributed by atoms with Gasteiger partial charge in [0.05, 0.1) is 5.69 Å². The highest BCUT2D eigenvalue weighted by Gasteiger charge is 2.07. The molecule has 2 aromatic carbocycles. The molecule has 2 rings (SSSR count). The fourth-order valence-corrected chi connectivity index (χ4v) is 2.15. The van der Waals surface area contributed by atoms with E-state index >= 15 is 0 Å². The molecule has 2 aromatic rings. The molecule has 2 amide bonds. The number of halogens is 1. The SMILES string of the molecule is Cc1cc(O)ccc1NC(=O)Nc1ccccc1I. The number of amides is 2. The maximum atomic E-state index is 11.9. The zero-order chi connectivity index (χ0) is 13.8. The molecule has 0 bridgehead atoms. The third-order valence-electron chi connectivity index (χ3n) is 2.58. The van der Waals surface area contributed by atoms with Crippen LogP contribution in [0.4, 0.5) is 16.2 Å². The van der Waals surface area contributed by atoms with Crippen LogP contribution in [0.5, 0.6) is 5.75 Å². The topological polar surface area (TPSA) is 61.4 Å². The molecule has 19 heavy (non-hydrogen) atoms. The summed E-state index contributed by atoms with van der Waals surface area (Å²) in [7, 11) is 0. The van der Waals surface area contributed by atoms with Crippen molar-refractivity contribution >= 4 is 40.0 Å². The molecule has 0 unspecified atom stereocenters. The van der Waals surface area contributed by atoms with Gasteiger partial charge in [0, 0.05) is 9.26 Å². The molecule has 0 radical (unpaired) electrons. The number of carbonyl (C=O) groups is 1. The molecule has 0 aliphatic heterocycles. The number of phenolic OH excluding ortho intramolecular Hbond substituents is 1. The highest BCUT2D eigenvalue weighted by molar-refractivity contribution is 14.1. The monoisotopic (exact) mass is 368 g/mol. The molecule has 5 heteroatoms. The van der Waals surface area contributed by atoms with Crippen LogP contribution in [-0.4, -0.2) is 11.1 Å². The fraction of sp³-hybridized carbons (Fsp3) is 0.0714. The first-order valence-corrected chi connectivity index (χ1v) is 6.76. The zero-order valence-electron chi connectivity index (χ0n) is 10.3. The second kappa shape index (κ2) is 5.92. The molecule has 0 aromatic heterocycles. The summed E-state index contributed by atoms with van der Waals surface area (Å²) in [6.07, 6.45) is 0. The van der Waals surface area contributed by atoms with Gasteiger partial charge in [-0.2, -0.15) is 0 Å². The predicted octanol–water partition coefficient (Wildman–Crippen LogP) is 3.95. The van der Waals surface area contributed by atoms with Crippen molar-refractivity contribution in [1.82, 2.24) is 0 Å². The zero-order valence-corrected chi connectivity index (χ0v) is 12.4. The van der Waals surface area contributed by atoms with Gasteiger partial charge in [0.15, 0.2) is 0 Å². The van der Waals surface area contributed by atoms with Crippen molar-refractivity contribution in [1.29, 1.82) is 0 Å². The second-order valence-electron chi connectivity index (χ2n) is 4.06. The number of phenols is 1. The lowest BCUT2D eigenvalue weighted by Crippen LogP contribution is -2.20. The number of carbonyl (C=O) groups excluding carboxylic acids is 1. The molecule has 4 nitrogen and oxygen atoms in total. The van der Waals surface area contributed by atoms with Gasteiger partial charge in [-0.25, -0.2) is 4.79 Å². The van der Waals surface area contributed by atoms with Gasteiger partial charge < -0.3 is 15.7 Å². The predicted molar refractivity (Wildman–Crippen MR) is 84.6 cm³/mol. The number of nitrogens with one attached hydrogen (secondary N) is 2. The highest BCUT2D eigenvalue weighted by atomic mass is 127. The molecule has 0 atom stereocenters. The summed E-state index contributed by atoms with van der Waals surface area (Å²) < 4.78 is 0.970. The van der Waals surface area contributed by atoms with Crippen LogP contribution in [0.3, 0.4) is 0 Å². The number of hydrogen-bond acceptors (Lipinski definition) is 2. The van der Waals surface area contributed by atoms with Crippen LogP contribution >= 0.6 is 22.6 Å². The number of hydrogen-bond donors (Lipinski definition) is 3. The first-order chi connectivity index (χ1) is 9.06. The van der Waals surface area contributed by atoms with Gasteiger partial charge in [0.2, 0.25) is 0 Å². The molecule has 0 aliphatic rings. The number of rotatable bonds is 2. The lowest BCUT2D eigenvalue weighted by molar-refractivity contribution is 0.262. The van der Waals surface area contributed by atoms with E-state index in [-0.39, 0.29) is 11.8 Å². The molecule has 0 saturated carbocycles. The Hall–Kier alpha value is -1.76. The number of benzene rings is 2. The molecule has 0 spiro atoms. The Labute approximate surface area is 125 Å². The maximum absolute atomic E-state index is 11.9. The van der Waals surface area contributed by atoms with E-state index in [1.165, 1.54) is 6.07 Å². The van der Waals surface area contributed by atoms with Gasteiger partial charge in [-0.05, 0) is 65.4 Å². The molecule has 0 saturated heterocycles. The molecule has 0 aliphatic carbocycles. The summed E-state index contributed by atoms with van der Waals surface area (Å²) in [5, 5.41) is 14.8. The van der Waals surface area contributed by atoms with Gasteiger partial charge in [-0.3, -0.25) is 0 Å². The molecular formula is C14H13IN2O2. The number of urea groups is 1. The van der Waals surface area contributed by atoms with E-state index in [1.807, 2.05) is 31.2 Å². The minimum Gasteiger partial charge on any atom is -0.508 e.